The molecule has 104 valence electrons. The Morgan fingerprint density at radius 2 is 2.25 bits per heavy atom. The van der Waals surface area contributed by atoms with E-state index in [1.165, 1.54) is 6.07 Å². The van der Waals surface area contributed by atoms with E-state index in [1.54, 1.807) is 12.3 Å². The summed E-state index contributed by atoms with van der Waals surface area (Å²) in [6.07, 6.45) is 3.73. The molecule has 2 heterocycles. The number of carboxylic acid groups (broad SMARTS) is 1. The molecule has 0 aliphatic heterocycles. The molecule has 20 heavy (non-hydrogen) atoms. The van der Waals surface area contributed by atoms with Crippen molar-refractivity contribution in [1.29, 1.82) is 0 Å². The van der Waals surface area contributed by atoms with Gasteiger partial charge in [-0.25, -0.2) is 9.78 Å². The summed E-state index contributed by atoms with van der Waals surface area (Å²) in [7, 11) is 0. The summed E-state index contributed by atoms with van der Waals surface area (Å²) in [5.74, 6) is 0.266. The Balaban J connectivity index is 1.94. The van der Waals surface area contributed by atoms with Crippen molar-refractivity contribution in [2.24, 2.45) is 0 Å². The van der Waals surface area contributed by atoms with Crippen LogP contribution in [0.1, 0.15) is 29.1 Å². The fourth-order valence-electron chi connectivity index (χ4n) is 2.14. The first-order valence-corrected chi connectivity index (χ1v) is 6.44. The van der Waals surface area contributed by atoms with Crippen LogP contribution in [-0.2, 0) is 6.54 Å². The Hall–Kier alpha value is -2.50. The first kappa shape index (κ1) is 12.5. The molecular formula is C14H15N3O3. The average Bonchev–Trinajstić information content (AvgIpc) is 3.14. The Morgan fingerprint density at radius 3 is 2.85 bits per heavy atom. The molecular weight excluding hydrogens is 258 g/mol. The van der Waals surface area contributed by atoms with Gasteiger partial charge in [0.2, 0.25) is 0 Å². The number of nitrogens with two attached hydrogens (primary N) is 1. The highest BCUT2D eigenvalue weighted by Gasteiger charge is 2.32. The minimum absolute atomic E-state index is 0.000653. The van der Waals surface area contributed by atoms with E-state index in [0.29, 0.717) is 24.1 Å². The van der Waals surface area contributed by atoms with Gasteiger partial charge in [-0.1, -0.05) is 0 Å². The molecule has 1 aliphatic carbocycles. The molecule has 0 bridgehead atoms. The number of nitrogen functional groups attached to an aromatic ring is 1. The molecule has 6 heteroatoms. The van der Waals surface area contributed by atoms with E-state index in [-0.39, 0.29) is 5.69 Å². The average molecular weight is 273 g/mol. The molecule has 0 aromatic carbocycles. The second-order valence-corrected chi connectivity index (χ2v) is 4.85. The summed E-state index contributed by atoms with van der Waals surface area (Å²) in [5, 5.41) is 9.05. The summed E-state index contributed by atoms with van der Waals surface area (Å²) in [5.41, 5.74) is 6.44. The highest BCUT2D eigenvalue weighted by Crippen LogP contribution is 2.35. The lowest BCUT2D eigenvalue weighted by Crippen LogP contribution is -2.27. The maximum atomic E-state index is 11.0. The van der Waals surface area contributed by atoms with Gasteiger partial charge in [-0.2, -0.15) is 0 Å². The normalized spacial score (nSPS) is 14.2. The summed E-state index contributed by atoms with van der Waals surface area (Å²) in [4.78, 5) is 17.2. The maximum absolute atomic E-state index is 11.0. The standard InChI is InChI=1S/C14H15N3O3/c15-11-5-6-12(14(18)19)16-13(11)17(9-3-4-9)8-10-2-1-7-20-10/h1-2,5-7,9H,3-4,8,15H2,(H,18,19). The highest BCUT2D eigenvalue weighted by molar-refractivity contribution is 5.87. The lowest BCUT2D eigenvalue weighted by atomic mass is 10.3. The van der Waals surface area contributed by atoms with Gasteiger partial charge in [0, 0.05) is 6.04 Å². The first-order valence-electron chi connectivity index (χ1n) is 6.44. The Labute approximate surface area is 115 Å². The van der Waals surface area contributed by atoms with Gasteiger partial charge in [0.05, 0.1) is 18.5 Å². The van der Waals surface area contributed by atoms with Crippen LogP contribution in [0.25, 0.3) is 0 Å². The fourth-order valence-corrected chi connectivity index (χ4v) is 2.14. The Kier molecular flexibility index (Phi) is 3.06. The second kappa shape index (κ2) is 4.88. The third-order valence-corrected chi connectivity index (χ3v) is 3.29. The molecule has 3 N–H and O–H groups in total. The molecule has 1 saturated carbocycles. The molecule has 0 atom stereocenters. The van der Waals surface area contributed by atoms with Crippen LogP contribution in [0.5, 0.6) is 0 Å². The number of aromatic carboxylic acids is 1. The van der Waals surface area contributed by atoms with E-state index in [9.17, 15) is 4.79 Å². The fraction of sp³-hybridized carbons (Fsp3) is 0.286. The predicted molar refractivity (Wildman–Crippen MR) is 73.5 cm³/mol. The molecule has 2 aromatic heterocycles. The van der Waals surface area contributed by atoms with Gasteiger partial charge in [-0.3, -0.25) is 0 Å². The van der Waals surface area contributed by atoms with E-state index in [4.69, 9.17) is 15.3 Å². The molecule has 3 rings (SSSR count). The van der Waals surface area contributed by atoms with Crippen LogP contribution < -0.4 is 10.6 Å². The molecule has 1 aliphatic rings. The van der Waals surface area contributed by atoms with Gasteiger partial charge < -0.3 is 20.2 Å². The van der Waals surface area contributed by atoms with Gasteiger partial charge in [0.15, 0.2) is 11.5 Å². The van der Waals surface area contributed by atoms with Crippen molar-refractivity contribution in [3.63, 3.8) is 0 Å². The third kappa shape index (κ3) is 2.45. The van der Waals surface area contributed by atoms with Crippen LogP contribution in [0.2, 0.25) is 0 Å². The number of aromatic nitrogens is 1. The largest absolute Gasteiger partial charge is 0.477 e. The quantitative estimate of drug-likeness (QED) is 0.866. The van der Waals surface area contributed by atoms with Gasteiger partial charge in [-0.15, -0.1) is 0 Å². The molecule has 2 aromatic rings. The predicted octanol–water partition coefficient (Wildman–Crippen LogP) is 2.12. The van der Waals surface area contributed by atoms with Crippen LogP contribution in [0.15, 0.2) is 34.9 Å². The minimum atomic E-state index is -1.06. The van der Waals surface area contributed by atoms with Crippen molar-refractivity contribution >= 4 is 17.5 Å². The van der Waals surface area contributed by atoms with Crippen LogP contribution in [0.3, 0.4) is 0 Å². The van der Waals surface area contributed by atoms with Gasteiger partial charge in [0.1, 0.15) is 5.76 Å². The zero-order valence-corrected chi connectivity index (χ0v) is 10.8. The number of carboxylic acids is 1. The van der Waals surface area contributed by atoms with Crippen molar-refractivity contribution in [2.45, 2.75) is 25.4 Å². The SMILES string of the molecule is Nc1ccc(C(=O)O)nc1N(Cc1ccco1)C1CC1. The van der Waals surface area contributed by atoms with Gasteiger partial charge in [-0.05, 0) is 37.1 Å². The van der Waals surface area contributed by atoms with Crippen LogP contribution >= 0.6 is 0 Å². The molecule has 0 amide bonds. The molecule has 0 radical (unpaired) electrons. The van der Waals surface area contributed by atoms with Crippen molar-refractivity contribution < 1.29 is 14.3 Å². The lowest BCUT2D eigenvalue weighted by Gasteiger charge is -2.24. The molecule has 1 fully saturated rings. The van der Waals surface area contributed by atoms with Gasteiger partial charge >= 0.3 is 5.97 Å². The summed E-state index contributed by atoms with van der Waals surface area (Å²) < 4.78 is 5.35. The summed E-state index contributed by atoms with van der Waals surface area (Å²) >= 11 is 0. The Bertz CT molecular complexity index is 621. The van der Waals surface area contributed by atoms with Crippen molar-refractivity contribution in [3.05, 3.63) is 42.0 Å². The van der Waals surface area contributed by atoms with Crippen LogP contribution in [0.4, 0.5) is 11.5 Å². The van der Waals surface area contributed by atoms with E-state index in [1.807, 2.05) is 17.0 Å². The van der Waals surface area contributed by atoms with Crippen molar-refractivity contribution in [3.8, 4) is 0 Å². The zero-order chi connectivity index (χ0) is 14.1. The minimum Gasteiger partial charge on any atom is -0.477 e. The number of furan rings is 1. The lowest BCUT2D eigenvalue weighted by molar-refractivity contribution is 0.0690. The molecule has 0 spiro atoms. The van der Waals surface area contributed by atoms with Crippen molar-refractivity contribution in [1.82, 2.24) is 4.98 Å². The number of hydrogen-bond donors (Lipinski definition) is 2. The number of hydrogen-bond acceptors (Lipinski definition) is 5. The highest BCUT2D eigenvalue weighted by atomic mass is 16.4. The van der Waals surface area contributed by atoms with E-state index in [0.717, 1.165) is 18.6 Å². The second-order valence-electron chi connectivity index (χ2n) is 4.85. The first-order chi connectivity index (χ1) is 9.65. The number of nitrogens with zero attached hydrogens (tertiary/aromatic N) is 2. The number of rotatable bonds is 5. The number of pyridine rings is 1. The third-order valence-electron chi connectivity index (χ3n) is 3.29. The molecule has 0 saturated heterocycles. The summed E-state index contributed by atoms with van der Waals surface area (Å²) in [6, 6.07) is 7.05. The number of anilines is 2. The number of carbonyl (C=O) groups is 1. The van der Waals surface area contributed by atoms with E-state index >= 15 is 0 Å². The maximum Gasteiger partial charge on any atom is 0.354 e. The van der Waals surface area contributed by atoms with Crippen LogP contribution in [0, 0.1) is 0 Å². The summed E-state index contributed by atoms with van der Waals surface area (Å²) in [6.45, 7) is 0.540. The smallest absolute Gasteiger partial charge is 0.354 e. The molecule has 6 nitrogen and oxygen atoms in total. The van der Waals surface area contributed by atoms with Crippen LogP contribution in [-0.4, -0.2) is 22.1 Å². The monoisotopic (exact) mass is 273 g/mol. The Morgan fingerprint density at radius 1 is 1.45 bits per heavy atom. The van der Waals surface area contributed by atoms with Gasteiger partial charge in [0.25, 0.3) is 0 Å². The topological polar surface area (TPSA) is 92.6 Å². The molecule has 0 unspecified atom stereocenters. The van der Waals surface area contributed by atoms with E-state index in [2.05, 4.69) is 4.98 Å². The zero-order valence-electron chi connectivity index (χ0n) is 10.8. The van der Waals surface area contributed by atoms with E-state index < -0.39 is 5.97 Å². The van der Waals surface area contributed by atoms with Crippen molar-refractivity contribution in [2.75, 3.05) is 10.6 Å².